The quantitative estimate of drug-likeness (QED) is 0.525. The van der Waals surface area contributed by atoms with Crippen LogP contribution < -0.4 is 5.32 Å². The number of hydrogen-bond donors (Lipinski definition) is 2. The van der Waals surface area contributed by atoms with E-state index in [1.807, 2.05) is 45.0 Å². The van der Waals surface area contributed by atoms with Gasteiger partial charge in [0.05, 0.1) is 5.25 Å². The first kappa shape index (κ1) is 19.6. The molecule has 0 aliphatic heterocycles. The summed E-state index contributed by atoms with van der Waals surface area (Å²) in [6.45, 7) is 7.92. The zero-order valence-corrected chi connectivity index (χ0v) is 18.0. The van der Waals surface area contributed by atoms with Gasteiger partial charge in [0.25, 0.3) is 0 Å². The normalized spacial score (nSPS) is 12.0. The molecule has 3 aromatic rings. The molecule has 0 unspecified atom stereocenters. The predicted molar refractivity (Wildman–Crippen MR) is 114 cm³/mol. The minimum Gasteiger partial charge on any atom is -0.325 e. The van der Waals surface area contributed by atoms with Crippen molar-refractivity contribution in [2.24, 2.45) is 0 Å². The van der Waals surface area contributed by atoms with Crippen LogP contribution in [-0.2, 0) is 4.79 Å². The van der Waals surface area contributed by atoms with Gasteiger partial charge in [0.15, 0.2) is 5.82 Å². The molecule has 1 aromatic heterocycles. The number of aryl methyl sites for hydroxylation is 3. The van der Waals surface area contributed by atoms with Gasteiger partial charge >= 0.3 is 0 Å². The van der Waals surface area contributed by atoms with Gasteiger partial charge in [-0.1, -0.05) is 63.6 Å². The number of amides is 1. The van der Waals surface area contributed by atoms with Gasteiger partial charge in [-0.15, -0.1) is 5.10 Å². The van der Waals surface area contributed by atoms with E-state index in [2.05, 4.69) is 55.5 Å². The summed E-state index contributed by atoms with van der Waals surface area (Å²) < 4.78 is 0.939. The number of halogens is 1. The third-order valence-electron chi connectivity index (χ3n) is 4.17. The molecule has 0 saturated heterocycles. The van der Waals surface area contributed by atoms with Crippen LogP contribution in [0.15, 0.2) is 46.0 Å². The smallest absolute Gasteiger partial charge is 0.237 e. The van der Waals surface area contributed by atoms with Crippen molar-refractivity contribution in [1.29, 1.82) is 0 Å². The number of hydrogen-bond acceptors (Lipinski definition) is 4. The van der Waals surface area contributed by atoms with E-state index in [-0.39, 0.29) is 11.2 Å². The van der Waals surface area contributed by atoms with Gasteiger partial charge in [-0.05, 0) is 44.9 Å². The molecule has 0 bridgehead atoms. The number of rotatable bonds is 5. The fourth-order valence-corrected chi connectivity index (χ4v) is 4.08. The van der Waals surface area contributed by atoms with Crippen LogP contribution in [0.5, 0.6) is 0 Å². The predicted octanol–water partition coefficient (Wildman–Crippen LogP) is 5.28. The van der Waals surface area contributed by atoms with E-state index in [9.17, 15) is 4.79 Å². The zero-order valence-electron chi connectivity index (χ0n) is 15.6. The van der Waals surface area contributed by atoms with Crippen molar-refractivity contribution in [2.75, 3.05) is 5.32 Å². The molecule has 0 aliphatic rings. The lowest BCUT2D eigenvalue weighted by atomic mass is 10.1. The van der Waals surface area contributed by atoms with Crippen LogP contribution >= 0.6 is 27.7 Å². The van der Waals surface area contributed by atoms with E-state index >= 15 is 0 Å². The number of thioether (sulfide) groups is 1. The third-order valence-corrected chi connectivity index (χ3v) is 5.82. The van der Waals surface area contributed by atoms with E-state index in [0.29, 0.717) is 11.0 Å². The molecule has 140 valence electrons. The average Bonchev–Trinajstić information content (AvgIpc) is 3.06. The number of anilines is 1. The Hall–Kier alpha value is -2.12. The number of nitrogens with zero attached hydrogens (tertiary/aromatic N) is 2. The van der Waals surface area contributed by atoms with Crippen molar-refractivity contribution in [3.05, 3.63) is 57.6 Å². The number of aromatic nitrogens is 3. The molecule has 1 heterocycles. The average molecular weight is 445 g/mol. The topological polar surface area (TPSA) is 70.7 Å². The number of carbonyl (C=O) groups is 1. The standard InChI is InChI=1S/C20H21BrN4OS/c1-11-9-12(2)17(13(3)10-11)22-19(26)14(4)27-20-23-18(24-25-20)15-7-5-6-8-16(15)21/h5-10,14H,1-4H3,(H,22,26)(H,23,24,25)/t14-/m0/s1. The number of carbonyl (C=O) groups excluding carboxylic acids is 1. The van der Waals surface area contributed by atoms with Crippen LogP contribution in [0.25, 0.3) is 11.4 Å². The Labute approximate surface area is 171 Å². The molecule has 0 radical (unpaired) electrons. The highest BCUT2D eigenvalue weighted by Crippen LogP contribution is 2.28. The summed E-state index contributed by atoms with van der Waals surface area (Å²) in [7, 11) is 0. The largest absolute Gasteiger partial charge is 0.325 e. The summed E-state index contributed by atoms with van der Waals surface area (Å²) >= 11 is 4.84. The third kappa shape index (κ3) is 4.59. The van der Waals surface area contributed by atoms with Gasteiger partial charge in [0, 0.05) is 15.7 Å². The minimum absolute atomic E-state index is 0.0673. The molecular formula is C20H21BrN4OS. The Bertz CT molecular complexity index is 963. The molecule has 0 fully saturated rings. The summed E-state index contributed by atoms with van der Waals surface area (Å²) in [5, 5.41) is 10.4. The maximum absolute atomic E-state index is 12.6. The monoisotopic (exact) mass is 444 g/mol. The minimum atomic E-state index is -0.326. The summed E-state index contributed by atoms with van der Waals surface area (Å²) in [6, 6.07) is 11.9. The number of benzene rings is 2. The van der Waals surface area contributed by atoms with E-state index in [1.54, 1.807) is 0 Å². The van der Waals surface area contributed by atoms with Gasteiger partial charge in [0.2, 0.25) is 11.1 Å². The van der Waals surface area contributed by atoms with Crippen LogP contribution in [0.1, 0.15) is 23.6 Å². The SMILES string of the molecule is Cc1cc(C)c(NC(=O)[C@H](C)Sc2n[nH]c(-c3ccccc3Br)n2)c(C)c1. The Balaban J connectivity index is 1.70. The Morgan fingerprint density at radius 2 is 1.85 bits per heavy atom. The lowest BCUT2D eigenvalue weighted by molar-refractivity contribution is -0.115. The van der Waals surface area contributed by atoms with E-state index in [4.69, 9.17) is 0 Å². The Morgan fingerprint density at radius 3 is 2.52 bits per heavy atom. The van der Waals surface area contributed by atoms with Crippen LogP contribution in [0.4, 0.5) is 5.69 Å². The van der Waals surface area contributed by atoms with Crippen LogP contribution in [0.3, 0.4) is 0 Å². The van der Waals surface area contributed by atoms with Crippen LogP contribution in [0.2, 0.25) is 0 Å². The Morgan fingerprint density at radius 1 is 1.19 bits per heavy atom. The maximum atomic E-state index is 12.6. The number of nitrogens with one attached hydrogen (secondary N) is 2. The van der Waals surface area contributed by atoms with Gasteiger partial charge in [0.1, 0.15) is 0 Å². The molecule has 1 amide bonds. The first-order valence-corrected chi connectivity index (χ1v) is 10.2. The second kappa shape index (κ2) is 8.27. The van der Waals surface area contributed by atoms with Gasteiger partial charge in [-0.3, -0.25) is 9.89 Å². The van der Waals surface area contributed by atoms with E-state index in [0.717, 1.165) is 26.9 Å². The molecule has 3 rings (SSSR count). The molecule has 2 aromatic carbocycles. The molecule has 0 saturated carbocycles. The van der Waals surface area contributed by atoms with Crippen molar-refractivity contribution in [3.8, 4) is 11.4 Å². The molecular weight excluding hydrogens is 424 g/mol. The fraction of sp³-hybridized carbons (Fsp3) is 0.250. The first-order valence-electron chi connectivity index (χ1n) is 8.58. The lowest BCUT2D eigenvalue weighted by Gasteiger charge is -2.15. The highest BCUT2D eigenvalue weighted by molar-refractivity contribution is 9.10. The van der Waals surface area contributed by atoms with Gasteiger partial charge in [-0.25, -0.2) is 4.98 Å². The van der Waals surface area contributed by atoms with Crippen molar-refractivity contribution in [3.63, 3.8) is 0 Å². The second-order valence-electron chi connectivity index (χ2n) is 6.47. The van der Waals surface area contributed by atoms with Crippen LogP contribution in [-0.4, -0.2) is 26.3 Å². The molecule has 0 spiro atoms. The molecule has 7 heteroatoms. The fourth-order valence-electron chi connectivity index (χ4n) is 2.89. The van der Waals surface area contributed by atoms with E-state index < -0.39 is 0 Å². The summed E-state index contributed by atoms with van der Waals surface area (Å²) in [4.78, 5) is 17.1. The molecule has 1 atom stereocenters. The first-order chi connectivity index (χ1) is 12.8. The highest BCUT2D eigenvalue weighted by atomic mass is 79.9. The number of aromatic amines is 1. The summed E-state index contributed by atoms with van der Waals surface area (Å²) in [5.74, 6) is 0.602. The summed E-state index contributed by atoms with van der Waals surface area (Å²) in [6.07, 6.45) is 0. The zero-order chi connectivity index (χ0) is 19.6. The molecule has 2 N–H and O–H groups in total. The highest BCUT2D eigenvalue weighted by Gasteiger charge is 2.19. The summed E-state index contributed by atoms with van der Waals surface area (Å²) in [5.41, 5.74) is 5.12. The second-order valence-corrected chi connectivity index (χ2v) is 8.63. The van der Waals surface area contributed by atoms with Gasteiger partial charge < -0.3 is 5.32 Å². The van der Waals surface area contributed by atoms with Crippen molar-refractivity contribution >= 4 is 39.3 Å². The van der Waals surface area contributed by atoms with Crippen molar-refractivity contribution < 1.29 is 4.79 Å². The van der Waals surface area contributed by atoms with Crippen molar-refractivity contribution in [1.82, 2.24) is 15.2 Å². The molecule has 5 nitrogen and oxygen atoms in total. The lowest BCUT2D eigenvalue weighted by Crippen LogP contribution is -2.23. The van der Waals surface area contributed by atoms with E-state index in [1.165, 1.54) is 17.3 Å². The number of H-pyrrole nitrogens is 1. The molecule has 27 heavy (non-hydrogen) atoms. The van der Waals surface area contributed by atoms with Crippen LogP contribution in [0, 0.1) is 20.8 Å². The van der Waals surface area contributed by atoms with Crippen molar-refractivity contribution in [2.45, 2.75) is 38.1 Å². The van der Waals surface area contributed by atoms with Gasteiger partial charge in [-0.2, -0.15) is 0 Å². The maximum Gasteiger partial charge on any atom is 0.237 e. The Kier molecular flexibility index (Phi) is 6.01. The molecule has 0 aliphatic carbocycles.